The van der Waals surface area contributed by atoms with E-state index >= 15 is 0 Å². The first-order valence-electron chi connectivity index (χ1n) is 11.0. The van der Waals surface area contributed by atoms with E-state index in [1.807, 2.05) is 6.92 Å². The highest BCUT2D eigenvalue weighted by atomic mass is 16.8. The summed E-state index contributed by atoms with van der Waals surface area (Å²) < 4.78 is 11.2. The van der Waals surface area contributed by atoms with E-state index in [1.165, 1.54) is 89.9 Å². The highest BCUT2D eigenvalue weighted by Gasteiger charge is 2.43. The molecule has 0 aliphatic carbocycles. The maximum Gasteiger partial charge on any atom is 0.189 e. The van der Waals surface area contributed by atoms with E-state index in [9.17, 15) is 5.11 Å². The molecule has 0 aromatic carbocycles. The van der Waals surface area contributed by atoms with Gasteiger partial charge in [-0.2, -0.15) is 0 Å². The van der Waals surface area contributed by atoms with E-state index in [1.54, 1.807) is 6.92 Å². The summed E-state index contributed by atoms with van der Waals surface area (Å²) >= 11 is 0. The van der Waals surface area contributed by atoms with Gasteiger partial charge in [-0.05, 0) is 20.3 Å². The second-order valence-corrected chi connectivity index (χ2v) is 8.40. The first-order valence-corrected chi connectivity index (χ1v) is 11.0. The summed E-state index contributed by atoms with van der Waals surface area (Å²) in [5.74, 6) is -1.69. The Morgan fingerprint density at radius 1 is 0.680 bits per heavy atom. The molecule has 1 aliphatic rings. The Morgan fingerprint density at radius 3 is 1.44 bits per heavy atom. The third-order valence-electron chi connectivity index (χ3n) is 5.32. The summed E-state index contributed by atoms with van der Waals surface area (Å²) in [4.78, 5) is 0. The van der Waals surface area contributed by atoms with Crippen molar-refractivity contribution in [3.8, 4) is 0 Å². The van der Waals surface area contributed by atoms with Crippen LogP contribution in [-0.2, 0) is 9.47 Å². The summed E-state index contributed by atoms with van der Waals surface area (Å²) in [5, 5.41) is 9.81. The van der Waals surface area contributed by atoms with Crippen molar-refractivity contribution in [1.29, 1.82) is 0 Å². The van der Waals surface area contributed by atoms with Crippen LogP contribution in [-0.4, -0.2) is 23.3 Å². The van der Waals surface area contributed by atoms with Gasteiger partial charge in [0.2, 0.25) is 0 Å². The number of rotatable bonds is 16. The Bertz CT molecular complexity index is 316. The molecule has 0 amide bonds. The topological polar surface area (TPSA) is 38.7 Å². The van der Waals surface area contributed by atoms with Crippen molar-refractivity contribution in [3.63, 3.8) is 0 Å². The molecular weight excluding hydrogens is 312 g/mol. The van der Waals surface area contributed by atoms with Crippen LogP contribution in [0, 0.1) is 0 Å². The lowest BCUT2D eigenvalue weighted by Gasteiger charge is -2.24. The van der Waals surface area contributed by atoms with Crippen LogP contribution in [0.25, 0.3) is 0 Å². The third-order valence-corrected chi connectivity index (χ3v) is 5.32. The molecule has 25 heavy (non-hydrogen) atoms. The zero-order valence-electron chi connectivity index (χ0n) is 17.3. The largest absolute Gasteiger partial charge is 0.364 e. The molecule has 150 valence electrons. The minimum Gasteiger partial charge on any atom is -0.364 e. The van der Waals surface area contributed by atoms with Gasteiger partial charge in [0, 0.05) is 6.42 Å². The molecule has 2 unspecified atom stereocenters. The van der Waals surface area contributed by atoms with Crippen LogP contribution in [0.3, 0.4) is 0 Å². The predicted octanol–water partition coefficient (Wildman–Crippen LogP) is 6.72. The van der Waals surface area contributed by atoms with Crippen molar-refractivity contribution in [3.05, 3.63) is 0 Å². The Hall–Kier alpha value is -0.120. The van der Waals surface area contributed by atoms with Gasteiger partial charge in [-0.25, -0.2) is 0 Å². The molecule has 0 aromatic heterocycles. The maximum absolute atomic E-state index is 9.81. The maximum atomic E-state index is 9.81. The molecule has 0 spiro atoms. The average molecular weight is 357 g/mol. The summed E-state index contributed by atoms with van der Waals surface area (Å²) in [6, 6.07) is 0. The summed E-state index contributed by atoms with van der Waals surface area (Å²) in [6.45, 7) is 6.18. The van der Waals surface area contributed by atoms with Gasteiger partial charge in [-0.3, -0.25) is 0 Å². The molecule has 1 fully saturated rings. The molecule has 0 aromatic rings. The van der Waals surface area contributed by atoms with Crippen LogP contribution >= 0.6 is 0 Å². The highest BCUT2D eigenvalue weighted by Crippen LogP contribution is 2.33. The molecule has 1 heterocycles. The number of hydrogen-bond donors (Lipinski definition) is 1. The first kappa shape index (κ1) is 22.9. The summed E-state index contributed by atoms with van der Waals surface area (Å²) in [7, 11) is 0. The molecular formula is C22H44O3. The van der Waals surface area contributed by atoms with E-state index in [0.29, 0.717) is 0 Å². The number of hydrogen-bond acceptors (Lipinski definition) is 3. The number of aliphatic hydroxyl groups is 1. The van der Waals surface area contributed by atoms with Crippen molar-refractivity contribution in [1.82, 2.24) is 0 Å². The first-order chi connectivity index (χ1) is 12.0. The third kappa shape index (κ3) is 12.0. The fourth-order valence-corrected chi connectivity index (χ4v) is 3.75. The highest BCUT2D eigenvalue weighted by molar-refractivity contribution is 4.76. The minimum absolute atomic E-state index is 0.280. The second kappa shape index (κ2) is 13.1. The van der Waals surface area contributed by atoms with Crippen LogP contribution < -0.4 is 0 Å². The summed E-state index contributed by atoms with van der Waals surface area (Å²) in [6.07, 6.45) is 21.5. The second-order valence-electron chi connectivity index (χ2n) is 8.40. The molecule has 1 aliphatic heterocycles. The number of unbranched alkanes of at least 4 members (excludes halogenated alkanes) is 14. The molecule has 0 radical (unpaired) electrons. The van der Waals surface area contributed by atoms with Gasteiger partial charge in [0.1, 0.15) is 6.61 Å². The Morgan fingerprint density at radius 2 is 1.08 bits per heavy atom. The van der Waals surface area contributed by atoms with E-state index in [-0.39, 0.29) is 6.61 Å². The van der Waals surface area contributed by atoms with Gasteiger partial charge in [-0.1, -0.05) is 96.8 Å². The van der Waals surface area contributed by atoms with Gasteiger partial charge in [0.05, 0.1) is 0 Å². The molecule has 2 atom stereocenters. The van der Waals surface area contributed by atoms with Crippen molar-refractivity contribution >= 4 is 0 Å². The van der Waals surface area contributed by atoms with Crippen molar-refractivity contribution in [2.75, 3.05) is 6.61 Å². The van der Waals surface area contributed by atoms with Gasteiger partial charge < -0.3 is 14.6 Å². The lowest BCUT2D eigenvalue weighted by molar-refractivity contribution is -0.232. The van der Waals surface area contributed by atoms with Gasteiger partial charge in [-0.15, -0.1) is 0 Å². The van der Waals surface area contributed by atoms with Crippen molar-refractivity contribution < 1.29 is 14.6 Å². The molecule has 0 bridgehead atoms. The van der Waals surface area contributed by atoms with Crippen molar-refractivity contribution in [2.45, 2.75) is 135 Å². The van der Waals surface area contributed by atoms with E-state index in [4.69, 9.17) is 9.47 Å². The molecule has 3 nitrogen and oxygen atoms in total. The predicted molar refractivity (Wildman–Crippen MR) is 106 cm³/mol. The normalized spacial score (nSPS) is 26.4. The SMILES string of the molecule is CCCCCCCCCCCCCCCCCC1(C)OCC(C)(O)O1. The molecule has 1 saturated heterocycles. The lowest BCUT2D eigenvalue weighted by atomic mass is 10.0. The zero-order valence-corrected chi connectivity index (χ0v) is 17.3. The fourth-order valence-electron chi connectivity index (χ4n) is 3.75. The van der Waals surface area contributed by atoms with Gasteiger partial charge >= 0.3 is 0 Å². The zero-order chi connectivity index (χ0) is 18.4. The quantitative estimate of drug-likeness (QED) is 0.312. The molecule has 1 rings (SSSR count). The molecule has 3 heteroatoms. The fraction of sp³-hybridized carbons (Fsp3) is 1.00. The minimum atomic E-state index is -1.11. The molecule has 1 N–H and O–H groups in total. The lowest BCUT2D eigenvalue weighted by Crippen LogP contribution is -2.32. The average Bonchev–Trinajstić information content (AvgIpc) is 2.85. The number of ether oxygens (including phenoxy) is 2. The molecule has 0 saturated carbocycles. The smallest absolute Gasteiger partial charge is 0.189 e. The van der Waals surface area contributed by atoms with Crippen LogP contribution in [0.1, 0.15) is 124 Å². The van der Waals surface area contributed by atoms with Gasteiger partial charge in [0.25, 0.3) is 0 Å². The van der Waals surface area contributed by atoms with E-state index in [0.717, 1.165) is 12.8 Å². The van der Waals surface area contributed by atoms with Gasteiger partial charge in [0.15, 0.2) is 11.6 Å². The van der Waals surface area contributed by atoms with Crippen LogP contribution in [0.5, 0.6) is 0 Å². The van der Waals surface area contributed by atoms with Crippen LogP contribution in [0.4, 0.5) is 0 Å². The van der Waals surface area contributed by atoms with E-state index in [2.05, 4.69) is 6.92 Å². The Kier molecular flexibility index (Phi) is 12.0. The van der Waals surface area contributed by atoms with Crippen molar-refractivity contribution in [2.24, 2.45) is 0 Å². The monoisotopic (exact) mass is 356 g/mol. The van der Waals surface area contributed by atoms with Crippen LogP contribution in [0.2, 0.25) is 0 Å². The Balaban J connectivity index is 1.78. The van der Waals surface area contributed by atoms with Crippen LogP contribution in [0.15, 0.2) is 0 Å². The Labute approximate surface area is 156 Å². The standard InChI is InChI=1S/C22H44O3/c1-4-5-6-7-8-9-10-11-12-13-14-15-16-17-18-19-22(3)24-20-21(2,23)25-22/h23H,4-20H2,1-3H3. The van der Waals surface area contributed by atoms with E-state index < -0.39 is 11.6 Å². The summed E-state index contributed by atoms with van der Waals surface area (Å²) in [5.41, 5.74) is 0.